The molecule has 2 saturated heterocycles. The highest BCUT2D eigenvalue weighted by Gasteiger charge is 2.25. The molecule has 2 fully saturated rings. The Labute approximate surface area is 142 Å². The number of nitrogens with one attached hydrogen (secondary N) is 1. The Morgan fingerprint density at radius 2 is 2.25 bits per heavy atom. The van der Waals surface area contributed by atoms with Gasteiger partial charge in [0, 0.05) is 45.2 Å². The van der Waals surface area contributed by atoms with Crippen molar-refractivity contribution in [3.05, 3.63) is 22.7 Å². The Bertz CT molecular complexity index is 625. The van der Waals surface area contributed by atoms with E-state index in [1.54, 1.807) is 19.4 Å². The molecule has 3 heterocycles. The summed E-state index contributed by atoms with van der Waals surface area (Å²) in [6.07, 6.45) is 8.84. The number of nitrogens with zero attached hydrogens (tertiary/aromatic N) is 3. The molecule has 2 aliphatic rings. The highest BCUT2D eigenvalue weighted by molar-refractivity contribution is 5.76. The Morgan fingerprint density at radius 3 is 3.04 bits per heavy atom. The van der Waals surface area contributed by atoms with E-state index < -0.39 is 0 Å². The van der Waals surface area contributed by atoms with E-state index in [0.717, 1.165) is 45.3 Å². The molecular weight excluding hydrogens is 308 g/mol. The standard InChI is InChI=1S/C17H26N4O3/c1-20-9-7-18-16(17(20)23)21-8-4-5-13(12-21)19-15(22)11-14-6-2-3-10-24-14/h7,9,13-14H,2-6,8,10-12H2,1H3,(H,19,22)/t13-,14+/m1/s1. The predicted octanol–water partition coefficient (Wildman–Crippen LogP) is 0.825. The molecule has 0 aliphatic carbocycles. The molecule has 2 atom stereocenters. The van der Waals surface area contributed by atoms with Gasteiger partial charge in [0.1, 0.15) is 0 Å². The van der Waals surface area contributed by atoms with Crippen LogP contribution in [-0.2, 0) is 16.6 Å². The quantitative estimate of drug-likeness (QED) is 0.882. The van der Waals surface area contributed by atoms with Gasteiger partial charge in [-0.25, -0.2) is 4.98 Å². The van der Waals surface area contributed by atoms with Crippen molar-refractivity contribution in [1.29, 1.82) is 0 Å². The van der Waals surface area contributed by atoms with Crippen molar-refractivity contribution in [2.75, 3.05) is 24.6 Å². The third-order valence-corrected chi connectivity index (χ3v) is 4.77. The number of aromatic nitrogens is 2. The van der Waals surface area contributed by atoms with E-state index in [-0.39, 0.29) is 23.6 Å². The summed E-state index contributed by atoms with van der Waals surface area (Å²) in [5, 5.41) is 3.10. The van der Waals surface area contributed by atoms with Gasteiger partial charge in [-0.3, -0.25) is 9.59 Å². The second kappa shape index (κ2) is 7.79. The normalized spacial score (nSPS) is 24.6. The topological polar surface area (TPSA) is 76.5 Å². The molecule has 0 aromatic carbocycles. The minimum absolute atomic E-state index is 0.0441. The number of rotatable bonds is 4. The average Bonchev–Trinajstić information content (AvgIpc) is 2.58. The van der Waals surface area contributed by atoms with Crippen molar-refractivity contribution in [2.45, 2.75) is 50.7 Å². The number of piperidine rings is 1. The van der Waals surface area contributed by atoms with Gasteiger partial charge in [-0.15, -0.1) is 0 Å². The van der Waals surface area contributed by atoms with Gasteiger partial charge in [-0.05, 0) is 32.1 Å². The number of carbonyl (C=O) groups is 1. The Morgan fingerprint density at radius 1 is 1.38 bits per heavy atom. The fourth-order valence-corrected chi connectivity index (χ4v) is 3.45. The van der Waals surface area contributed by atoms with Gasteiger partial charge in [0.25, 0.3) is 5.56 Å². The van der Waals surface area contributed by atoms with Crippen molar-refractivity contribution in [2.24, 2.45) is 7.05 Å². The van der Waals surface area contributed by atoms with E-state index in [2.05, 4.69) is 10.3 Å². The molecule has 132 valence electrons. The van der Waals surface area contributed by atoms with Gasteiger partial charge in [-0.2, -0.15) is 0 Å². The minimum atomic E-state index is -0.0971. The SMILES string of the molecule is Cn1ccnc(N2CCC[C@@H](NC(=O)C[C@@H]3CCCCO3)C2)c1=O. The van der Waals surface area contributed by atoms with E-state index in [0.29, 0.717) is 18.8 Å². The third-order valence-electron chi connectivity index (χ3n) is 4.77. The van der Waals surface area contributed by atoms with Crippen LogP contribution in [0.4, 0.5) is 5.82 Å². The third kappa shape index (κ3) is 4.14. The minimum Gasteiger partial charge on any atom is -0.378 e. The van der Waals surface area contributed by atoms with Crippen LogP contribution in [-0.4, -0.2) is 47.3 Å². The second-order valence-electron chi connectivity index (χ2n) is 6.71. The van der Waals surface area contributed by atoms with Gasteiger partial charge in [0.05, 0.1) is 12.5 Å². The molecule has 2 aliphatic heterocycles. The van der Waals surface area contributed by atoms with Crippen LogP contribution in [0.2, 0.25) is 0 Å². The van der Waals surface area contributed by atoms with Crippen LogP contribution in [0.3, 0.4) is 0 Å². The van der Waals surface area contributed by atoms with E-state index in [9.17, 15) is 9.59 Å². The lowest BCUT2D eigenvalue weighted by Gasteiger charge is -2.34. The monoisotopic (exact) mass is 334 g/mol. The van der Waals surface area contributed by atoms with Crippen LogP contribution >= 0.6 is 0 Å². The molecule has 7 nitrogen and oxygen atoms in total. The summed E-state index contributed by atoms with van der Waals surface area (Å²) >= 11 is 0. The summed E-state index contributed by atoms with van der Waals surface area (Å²) in [5.41, 5.74) is -0.0971. The molecule has 7 heteroatoms. The van der Waals surface area contributed by atoms with Crippen molar-refractivity contribution >= 4 is 11.7 Å². The molecule has 0 radical (unpaired) electrons. The fraction of sp³-hybridized carbons (Fsp3) is 0.706. The summed E-state index contributed by atoms with van der Waals surface area (Å²) in [5.74, 6) is 0.511. The van der Waals surface area contributed by atoms with Gasteiger partial charge in [0.15, 0.2) is 5.82 Å². The van der Waals surface area contributed by atoms with E-state index in [1.165, 1.54) is 4.57 Å². The maximum atomic E-state index is 12.3. The lowest BCUT2D eigenvalue weighted by molar-refractivity contribution is -0.125. The van der Waals surface area contributed by atoms with Crippen molar-refractivity contribution in [1.82, 2.24) is 14.9 Å². The van der Waals surface area contributed by atoms with E-state index >= 15 is 0 Å². The first-order valence-corrected chi connectivity index (χ1v) is 8.81. The number of anilines is 1. The smallest absolute Gasteiger partial charge is 0.293 e. The zero-order chi connectivity index (χ0) is 16.9. The Kier molecular flexibility index (Phi) is 5.50. The highest BCUT2D eigenvalue weighted by Crippen LogP contribution is 2.17. The van der Waals surface area contributed by atoms with Crippen LogP contribution < -0.4 is 15.8 Å². The second-order valence-corrected chi connectivity index (χ2v) is 6.71. The first kappa shape index (κ1) is 17.0. The molecule has 3 rings (SSSR count). The lowest BCUT2D eigenvalue weighted by atomic mass is 10.0. The zero-order valence-electron chi connectivity index (χ0n) is 14.2. The van der Waals surface area contributed by atoms with E-state index in [4.69, 9.17) is 4.74 Å². The molecule has 1 amide bonds. The number of amides is 1. The summed E-state index contributed by atoms with van der Waals surface area (Å²) in [4.78, 5) is 30.7. The molecule has 1 aromatic heterocycles. The molecule has 0 unspecified atom stereocenters. The summed E-state index contributed by atoms with van der Waals surface area (Å²) in [6, 6.07) is 0.0570. The maximum Gasteiger partial charge on any atom is 0.293 e. The summed E-state index contributed by atoms with van der Waals surface area (Å²) in [6.45, 7) is 2.19. The Hall–Kier alpha value is -1.89. The first-order valence-electron chi connectivity index (χ1n) is 8.81. The summed E-state index contributed by atoms with van der Waals surface area (Å²) in [7, 11) is 1.72. The van der Waals surface area contributed by atoms with Crippen LogP contribution in [0.5, 0.6) is 0 Å². The number of carbonyl (C=O) groups excluding carboxylic acids is 1. The summed E-state index contributed by atoms with van der Waals surface area (Å²) < 4.78 is 7.16. The molecule has 24 heavy (non-hydrogen) atoms. The van der Waals surface area contributed by atoms with Crippen molar-refractivity contribution in [3.63, 3.8) is 0 Å². The number of hydrogen-bond donors (Lipinski definition) is 1. The first-order chi connectivity index (χ1) is 11.6. The van der Waals surface area contributed by atoms with Gasteiger partial charge >= 0.3 is 0 Å². The largest absolute Gasteiger partial charge is 0.378 e. The molecule has 1 aromatic rings. The van der Waals surface area contributed by atoms with Gasteiger partial charge in [0.2, 0.25) is 5.91 Å². The number of ether oxygens (including phenoxy) is 1. The van der Waals surface area contributed by atoms with Crippen LogP contribution in [0.25, 0.3) is 0 Å². The van der Waals surface area contributed by atoms with Crippen LogP contribution in [0, 0.1) is 0 Å². The number of aryl methyl sites for hydroxylation is 1. The molecule has 1 N–H and O–H groups in total. The Balaban J connectivity index is 1.56. The number of hydrogen-bond acceptors (Lipinski definition) is 5. The predicted molar refractivity (Wildman–Crippen MR) is 91.1 cm³/mol. The molecule has 0 spiro atoms. The highest BCUT2D eigenvalue weighted by atomic mass is 16.5. The zero-order valence-corrected chi connectivity index (χ0v) is 14.2. The van der Waals surface area contributed by atoms with Crippen LogP contribution in [0.1, 0.15) is 38.5 Å². The average molecular weight is 334 g/mol. The molecule has 0 bridgehead atoms. The van der Waals surface area contributed by atoms with Crippen molar-refractivity contribution < 1.29 is 9.53 Å². The molecular formula is C17H26N4O3. The molecule has 0 saturated carbocycles. The lowest BCUT2D eigenvalue weighted by Crippen LogP contribution is -2.50. The van der Waals surface area contributed by atoms with Gasteiger partial charge in [-0.1, -0.05) is 0 Å². The van der Waals surface area contributed by atoms with Crippen LogP contribution in [0.15, 0.2) is 17.2 Å². The van der Waals surface area contributed by atoms with Gasteiger partial charge < -0.3 is 19.5 Å². The van der Waals surface area contributed by atoms with Crippen molar-refractivity contribution in [3.8, 4) is 0 Å². The fourth-order valence-electron chi connectivity index (χ4n) is 3.45. The maximum absolute atomic E-state index is 12.3. The van der Waals surface area contributed by atoms with E-state index in [1.807, 2.05) is 4.90 Å².